The van der Waals surface area contributed by atoms with Crippen LogP contribution in [0.2, 0.25) is 58.9 Å². The second-order valence-electron chi connectivity index (χ2n) is 12.5. The fourth-order valence-electron chi connectivity index (χ4n) is 5.77. The third-order valence-electron chi connectivity index (χ3n) is 6.65. The summed E-state index contributed by atoms with van der Waals surface area (Å²) < 4.78 is 57.1. The molecular weight excluding hydrogens is 649 g/mol. The maximum atomic E-state index is 7.44. The molecule has 3 heterocycles. The summed E-state index contributed by atoms with van der Waals surface area (Å²) in [6.07, 6.45) is 0. The minimum atomic E-state index is -3.68. The molecule has 42 heavy (non-hydrogen) atoms. The Morgan fingerprint density at radius 1 is 0.333 bits per heavy atom. The van der Waals surface area contributed by atoms with E-state index in [2.05, 4.69) is 37.4 Å². The molecule has 0 radical (unpaired) electrons. The van der Waals surface area contributed by atoms with Crippen molar-refractivity contribution < 1.29 is 32.9 Å². The molecule has 0 N–H and O–H groups in total. The van der Waals surface area contributed by atoms with Gasteiger partial charge in [0, 0.05) is 11.7 Å². The first kappa shape index (κ1) is 32.3. The second kappa shape index (κ2) is 11.3. The maximum Gasteiger partial charge on any atom is 0.510 e. The van der Waals surface area contributed by atoms with Crippen molar-refractivity contribution in [1.29, 1.82) is 0 Å². The zero-order valence-electron chi connectivity index (χ0n) is 25.9. The van der Waals surface area contributed by atoms with E-state index in [1.165, 1.54) is 0 Å². The van der Waals surface area contributed by atoms with Crippen molar-refractivity contribution in [2.45, 2.75) is 58.9 Å². The molecule has 0 spiro atoms. The van der Waals surface area contributed by atoms with Crippen molar-refractivity contribution in [2.24, 2.45) is 0 Å². The molecule has 6 rings (SSSR count). The van der Waals surface area contributed by atoms with Gasteiger partial charge < -0.3 is 32.9 Å². The molecule has 0 unspecified atom stereocenters. The number of benzene rings is 3. The Labute approximate surface area is 257 Å². The van der Waals surface area contributed by atoms with Crippen LogP contribution in [0.15, 0.2) is 91.0 Å². The van der Waals surface area contributed by atoms with Gasteiger partial charge >= 0.3 is 60.4 Å². The van der Waals surface area contributed by atoms with Crippen LogP contribution >= 0.6 is 0 Å². The van der Waals surface area contributed by atoms with Gasteiger partial charge in [-0.25, -0.2) is 0 Å². The molecule has 0 aliphatic carbocycles. The number of hydrogen-bond acceptors (Lipinski definition) is 8. The Kier molecular flexibility index (Phi) is 8.71. The molecule has 15 heteroatoms. The fraction of sp³-hybridized carbons (Fsp3) is 0.333. The van der Waals surface area contributed by atoms with E-state index >= 15 is 0 Å². The van der Waals surface area contributed by atoms with Crippen molar-refractivity contribution >= 4 is 76.0 Å². The lowest BCUT2D eigenvalue weighted by Crippen LogP contribution is -2.78. The van der Waals surface area contributed by atoms with E-state index in [4.69, 9.17) is 32.9 Å². The van der Waals surface area contributed by atoms with Crippen LogP contribution in [0.25, 0.3) is 0 Å². The summed E-state index contributed by atoms with van der Waals surface area (Å²) in [6.45, 7) is 18.2. The Morgan fingerprint density at radius 3 is 0.976 bits per heavy atom. The van der Waals surface area contributed by atoms with E-state index in [1.807, 2.05) is 113 Å². The molecule has 3 aliphatic rings. The summed E-state index contributed by atoms with van der Waals surface area (Å²) in [5.41, 5.74) is 0. The van der Waals surface area contributed by atoms with Crippen molar-refractivity contribution in [2.75, 3.05) is 0 Å². The quantitative estimate of drug-likeness (QED) is 0.369. The summed E-state index contributed by atoms with van der Waals surface area (Å²) in [7, 11) is -22.6. The largest absolute Gasteiger partial charge is 0.510 e. The molecule has 8 nitrogen and oxygen atoms in total. The predicted molar refractivity (Wildman–Crippen MR) is 180 cm³/mol. The minimum absolute atomic E-state index is 0.855. The molecule has 0 saturated carbocycles. The zero-order chi connectivity index (χ0) is 30.5. The first-order valence-electron chi connectivity index (χ1n) is 14.2. The number of hydrogen-bond donors (Lipinski definition) is 0. The first-order chi connectivity index (χ1) is 19.5. The van der Waals surface area contributed by atoms with Gasteiger partial charge in [0.1, 0.15) is 0 Å². The lowest BCUT2D eigenvalue weighted by molar-refractivity contribution is 0.135. The van der Waals surface area contributed by atoms with Gasteiger partial charge in [0.15, 0.2) is 0 Å². The summed E-state index contributed by atoms with van der Waals surface area (Å²) in [5, 5.41) is 2.80. The molecular formula is C27H42O8Si7. The van der Waals surface area contributed by atoms with Gasteiger partial charge in [-0.3, -0.25) is 0 Å². The Morgan fingerprint density at radius 2 is 0.619 bits per heavy atom. The Hall–Kier alpha value is -1.14. The van der Waals surface area contributed by atoms with Crippen molar-refractivity contribution in [3.05, 3.63) is 91.0 Å². The second-order valence-corrected chi connectivity index (χ2v) is 36.1. The fourth-order valence-corrected chi connectivity index (χ4v) is 41.2. The number of fused-ring (bicyclic) bond motifs is 10. The smallest absolute Gasteiger partial charge is 0.409 e. The van der Waals surface area contributed by atoms with E-state index in [0.29, 0.717) is 0 Å². The van der Waals surface area contributed by atoms with Gasteiger partial charge in [0.25, 0.3) is 0 Å². The van der Waals surface area contributed by atoms with E-state index in [0.717, 1.165) is 15.6 Å². The van der Waals surface area contributed by atoms with E-state index in [-0.39, 0.29) is 0 Å². The van der Waals surface area contributed by atoms with Crippen LogP contribution in [0.4, 0.5) is 0 Å². The molecule has 0 atom stereocenters. The van der Waals surface area contributed by atoms with Gasteiger partial charge in [-0.15, -0.1) is 0 Å². The van der Waals surface area contributed by atoms with Gasteiger partial charge in [-0.05, 0) is 62.7 Å². The Balaban J connectivity index is 1.79. The van der Waals surface area contributed by atoms with Crippen LogP contribution in [0.5, 0.6) is 0 Å². The lowest BCUT2D eigenvalue weighted by Gasteiger charge is -2.52. The maximum absolute atomic E-state index is 7.44. The van der Waals surface area contributed by atoms with Gasteiger partial charge in [0.05, 0.1) is 0 Å². The average molecular weight is 691 g/mol. The molecule has 3 aliphatic heterocycles. The third kappa shape index (κ3) is 7.05. The summed E-state index contributed by atoms with van der Waals surface area (Å²) in [5.74, 6) is 0. The zero-order valence-corrected chi connectivity index (χ0v) is 32.9. The standard InChI is InChI=1S/C27H42O8Si7/c1-36(2)28-40(9)29-37(3,4)33-42(34-38(5,6)30-40,27-23-17-12-18-24-27)35-39(7,8)32-41(31-36,25-19-13-10-14-20-25)26-21-15-11-16-22-26/h10-24H,1-9H3. The highest BCUT2D eigenvalue weighted by molar-refractivity contribution is 7.04. The normalized spacial score (nSPS) is 29.9. The van der Waals surface area contributed by atoms with Crippen LogP contribution in [-0.2, 0) is 32.9 Å². The summed E-state index contributed by atoms with van der Waals surface area (Å²) in [6, 6.07) is 30.4. The third-order valence-corrected chi connectivity index (χ3v) is 35.6. The molecule has 0 amide bonds. The highest BCUT2D eigenvalue weighted by atomic mass is 28.6. The van der Waals surface area contributed by atoms with Crippen LogP contribution in [-0.4, -0.2) is 60.4 Å². The summed E-state index contributed by atoms with van der Waals surface area (Å²) >= 11 is 0. The molecule has 0 aromatic heterocycles. The van der Waals surface area contributed by atoms with Crippen LogP contribution in [0, 0.1) is 0 Å². The molecule has 3 fully saturated rings. The van der Waals surface area contributed by atoms with Crippen LogP contribution < -0.4 is 15.6 Å². The predicted octanol–water partition coefficient (Wildman–Crippen LogP) is 4.63. The SMILES string of the molecule is C[Si]1(C)O[Si]2(C)O[Si](C)(C)O[Si](c3ccccc3)(O1)O[Si](C)(C)O[Si](c1ccccc1)(c1ccccc1)O[Si](C)(C)O2. The molecule has 226 valence electrons. The Bertz CT molecular complexity index is 1320. The van der Waals surface area contributed by atoms with Crippen molar-refractivity contribution in [3.63, 3.8) is 0 Å². The van der Waals surface area contributed by atoms with Gasteiger partial charge in [-0.1, -0.05) is 91.0 Å². The number of rotatable bonds is 3. The van der Waals surface area contributed by atoms with Gasteiger partial charge in [-0.2, -0.15) is 0 Å². The van der Waals surface area contributed by atoms with Crippen LogP contribution in [0.1, 0.15) is 0 Å². The van der Waals surface area contributed by atoms with Crippen molar-refractivity contribution in [1.82, 2.24) is 0 Å². The van der Waals surface area contributed by atoms with E-state index in [1.54, 1.807) is 0 Å². The molecule has 2 bridgehead atoms. The molecule has 3 aromatic carbocycles. The monoisotopic (exact) mass is 690 g/mol. The van der Waals surface area contributed by atoms with E-state index < -0.39 is 60.4 Å². The minimum Gasteiger partial charge on any atom is -0.409 e. The topological polar surface area (TPSA) is 73.8 Å². The van der Waals surface area contributed by atoms with Crippen molar-refractivity contribution in [3.8, 4) is 0 Å². The molecule has 3 aromatic rings. The highest BCUT2D eigenvalue weighted by Crippen LogP contribution is 2.37. The lowest BCUT2D eigenvalue weighted by atomic mass is 10.4. The highest BCUT2D eigenvalue weighted by Gasteiger charge is 2.65. The van der Waals surface area contributed by atoms with E-state index in [9.17, 15) is 0 Å². The van der Waals surface area contributed by atoms with Crippen LogP contribution in [0.3, 0.4) is 0 Å². The molecule has 3 saturated heterocycles. The average Bonchev–Trinajstić information content (AvgIpc) is 2.86. The summed E-state index contributed by atoms with van der Waals surface area (Å²) in [4.78, 5) is 0. The first-order valence-corrected chi connectivity index (χ1v) is 31.3. The van der Waals surface area contributed by atoms with Gasteiger partial charge in [0.2, 0.25) is 0 Å².